The zero-order valence-corrected chi connectivity index (χ0v) is 12.1. The number of benzene rings is 2. The van der Waals surface area contributed by atoms with E-state index in [0.717, 1.165) is 23.3 Å². The van der Waals surface area contributed by atoms with Gasteiger partial charge in [0.2, 0.25) is 0 Å². The van der Waals surface area contributed by atoms with Crippen LogP contribution in [0.5, 0.6) is 11.5 Å². The molecule has 0 saturated heterocycles. The summed E-state index contributed by atoms with van der Waals surface area (Å²) in [5.74, 6) is 1.04. The van der Waals surface area contributed by atoms with Crippen molar-refractivity contribution in [1.82, 2.24) is 5.32 Å². The Kier molecular flexibility index (Phi) is 4.74. The molecule has 0 aliphatic rings. The van der Waals surface area contributed by atoms with Gasteiger partial charge in [-0.1, -0.05) is 31.2 Å². The van der Waals surface area contributed by atoms with E-state index in [2.05, 4.69) is 12.2 Å². The van der Waals surface area contributed by atoms with Crippen LogP contribution >= 0.6 is 0 Å². The molecule has 0 aromatic heterocycles. The highest BCUT2D eigenvalue weighted by Crippen LogP contribution is 2.32. The molecule has 1 atom stereocenters. The van der Waals surface area contributed by atoms with E-state index < -0.39 is 0 Å². The normalized spacial score (nSPS) is 12.2. The smallest absolute Gasteiger partial charge is 0.133 e. The molecule has 1 unspecified atom stereocenters. The van der Waals surface area contributed by atoms with Crippen LogP contribution in [-0.4, -0.2) is 7.05 Å². The molecule has 2 aromatic carbocycles. The van der Waals surface area contributed by atoms with Crippen molar-refractivity contribution in [2.75, 3.05) is 7.05 Å². The van der Waals surface area contributed by atoms with Crippen LogP contribution in [0.2, 0.25) is 0 Å². The van der Waals surface area contributed by atoms with Crippen molar-refractivity contribution in [3.8, 4) is 11.5 Å². The van der Waals surface area contributed by atoms with Crippen molar-refractivity contribution in [2.24, 2.45) is 0 Å². The molecular weight excluding hydrogens is 253 g/mol. The van der Waals surface area contributed by atoms with Crippen LogP contribution in [0.3, 0.4) is 0 Å². The summed E-state index contributed by atoms with van der Waals surface area (Å²) in [5, 5.41) is 3.27. The molecule has 0 spiro atoms. The Bertz CT molecular complexity index is 579. The number of para-hydroxylation sites is 1. The number of hydrogen-bond donors (Lipinski definition) is 1. The quantitative estimate of drug-likeness (QED) is 0.859. The van der Waals surface area contributed by atoms with Gasteiger partial charge < -0.3 is 10.1 Å². The molecule has 106 valence electrons. The fourth-order valence-corrected chi connectivity index (χ4v) is 2.24. The second kappa shape index (κ2) is 6.53. The van der Waals surface area contributed by atoms with Crippen LogP contribution in [0, 0.1) is 12.7 Å². The summed E-state index contributed by atoms with van der Waals surface area (Å²) in [6.45, 7) is 4.03. The first kappa shape index (κ1) is 14.5. The molecule has 0 heterocycles. The first-order valence-electron chi connectivity index (χ1n) is 6.86. The molecule has 3 heteroatoms. The summed E-state index contributed by atoms with van der Waals surface area (Å²) in [5.41, 5.74) is 2.00. The average Bonchev–Trinajstić information content (AvgIpc) is 2.46. The van der Waals surface area contributed by atoms with Gasteiger partial charge >= 0.3 is 0 Å². The Morgan fingerprint density at radius 2 is 1.90 bits per heavy atom. The number of ether oxygens (including phenoxy) is 1. The largest absolute Gasteiger partial charge is 0.457 e. The first-order valence-corrected chi connectivity index (χ1v) is 6.86. The number of nitrogens with one attached hydrogen (secondary N) is 1. The third-order valence-electron chi connectivity index (χ3n) is 3.42. The zero-order chi connectivity index (χ0) is 14.5. The number of aryl methyl sites for hydroxylation is 1. The van der Waals surface area contributed by atoms with Crippen LogP contribution in [0.4, 0.5) is 4.39 Å². The summed E-state index contributed by atoms with van der Waals surface area (Å²) >= 11 is 0. The predicted octanol–water partition coefficient (Wildman–Crippen LogP) is 4.60. The lowest BCUT2D eigenvalue weighted by molar-refractivity contribution is 0.452. The van der Waals surface area contributed by atoms with Gasteiger partial charge in [-0.15, -0.1) is 0 Å². The van der Waals surface area contributed by atoms with E-state index in [1.54, 1.807) is 6.07 Å². The van der Waals surface area contributed by atoms with Gasteiger partial charge in [0.1, 0.15) is 17.3 Å². The van der Waals surface area contributed by atoms with Crippen molar-refractivity contribution in [1.29, 1.82) is 0 Å². The highest BCUT2D eigenvalue weighted by Gasteiger charge is 2.13. The minimum absolute atomic E-state index is 0.222. The van der Waals surface area contributed by atoms with Crippen molar-refractivity contribution in [2.45, 2.75) is 26.3 Å². The molecule has 0 saturated carbocycles. The summed E-state index contributed by atoms with van der Waals surface area (Å²) in [6.07, 6.45) is 0.957. The van der Waals surface area contributed by atoms with Crippen LogP contribution < -0.4 is 10.1 Å². The standard InChI is InChI=1S/C17H20FNO/c1-4-15(19-3)14-7-5-6-8-16(14)20-17-11-13(18)10-9-12(17)2/h5-11,15,19H,4H2,1-3H3. The number of halogens is 1. The van der Waals surface area contributed by atoms with Crippen molar-refractivity contribution < 1.29 is 9.13 Å². The lowest BCUT2D eigenvalue weighted by Gasteiger charge is -2.19. The third kappa shape index (κ3) is 3.17. The third-order valence-corrected chi connectivity index (χ3v) is 3.42. The molecular formula is C17H20FNO. The first-order chi connectivity index (χ1) is 9.65. The molecule has 0 fully saturated rings. The SMILES string of the molecule is CCC(NC)c1ccccc1Oc1cc(F)ccc1C. The molecule has 0 bridgehead atoms. The van der Waals surface area contributed by atoms with Gasteiger partial charge in [0.25, 0.3) is 0 Å². The molecule has 20 heavy (non-hydrogen) atoms. The zero-order valence-electron chi connectivity index (χ0n) is 12.1. The van der Waals surface area contributed by atoms with Gasteiger partial charge in [-0.05, 0) is 38.1 Å². The van der Waals surface area contributed by atoms with Gasteiger partial charge in [-0.3, -0.25) is 0 Å². The maximum atomic E-state index is 13.3. The summed E-state index contributed by atoms with van der Waals surface area (Å²) in [7, 11) is 1.93. The summed E-state index contributed by atoms with van der Waals surface area (Å²) in [6, 6.07) is 12.7. The Labute approximate surface area is 119 Å². The van der Waals surface area contributed by atoms with E-state index in [1.807, 2.05) is 38.2 Å². The van der Waals surface area contributed by atoms with E-state index >= 15 is 0 Å². The fourth-order valence-electron chi connectivity index (χ4n) is 2.24. The van der Waals surface area contributed by atoms with E-state index in [1.165, 1.54) is 12.1 Å². The second-order valence-electron chi connectivity index (χ2n) is 4.80. The van der Waals surface area contributed by atoms with Crippen molar-refractivity contribution in [3.63, 3.8) is 0 Å². The minimum Gasteiger partial charge on any atom is -0.457 e. The van der Waals surface area contributed by atoms with Gasteiger partial charge in [0.15, 0.2) is 0 Å². The Hall–Kier alpha value is -1.87. The molecule has 0 aliphatic heterocycles. The second-order valence-corrected chi connectivity index (χ2v) is 4.80. The van der Waals surface area contributed by atoms with Crippen molar-refractivity contribution in [3.05, 3.63) is 59.4 Å². The molecule has 2 rings (SSSR count). The Balaban J connectivity index is 2.36. The number of rotatable bonds is 5. The summed E-state index contributed by atoms with van der Waals surface area (Å²) in [4.78, 5) is 0. The highest BCUT2D eigenvalue weighted by molar-refractivity contribution is 5.42. The minimum atomic E-state index is -0.288. The molecule has 0 amide bonds. The van der Waals surface area contributed by atoms with Crippen molar-refractivity contribution >= 4 is 0 Å². The lowest BCUT2D eigenvalue weighted by Crippen LogP contribution is -2.15. The fraction of sp³-hybridized carbons (Fsp3) is 0.294. The predicted molar refractivity (Wildman–Crippen MR) is 79.7 cm³/mol. The van der Waals surface area contributed by atoms with Gasteiger partial charge in [0, 0.05) is 17.7 Å². The van der Waals surface area contributed by atoms with Crippen LogP contribution in [-0.2, 0) is 0 Å². The van der Waals surface area contributed by atoms with Gasteiger partial charge in [0.05, 0.1) is 0 Å². The molecule has 0 radical (unpaired) electrons. The van der Waals surface area contributed by atoms with E-state index in [9.17, 15) is 4.39 Å². The Morgan fingerprint density at radius 1 is 1.15 bits per heavy atom. The topological polar surface area (TPSA) is 21.3 Å². The maximum Gasteiger partial charge on any atom is 0.133 e. The number of hydrogen-bond acceptors (Lipinski definition) is 2. The molecule has 1 N–H and O–H groups in total. The monoisotopic (exact) mass is 273 g/mol. The van der Waals surface area contributed by atoms with E-state index in [-0.39, 0.29) is 11.9 Å². The molecule has 2 nitrogen and oxygen atoms in total. The van der Waals surface area contributed by atoms with Gasteiger partial charge in [-0.2, -0.15) is 0 Å². The Morgan fingerprint density at radius 3 is 2.60 bits per heavy atom. The van der Waals surface area contributed by atoms with E-state index in [4.69, 9.17) is 4.74 Å². The maximum absolute atomic E-state index is 13.3. The highest BCUT2D eigenvalue weighted by atomic mass is 19.1. The average molecular weight is 273 g/mol. The van der Waals surface area contributed by atoms with Crippen LogP contribution in [0.1, 0.15) is 30.5 Å². The van der Waals surface area contributed by atoms with E-state index in [0.29, 0.717) is 5.75 Å². The lowest BCUT2D eigenvalue weighted by atomic mass is 10.0. The molecule has 2 aromatic rings. The van der Waals surface area contributed by atoms with Gasteiger partial charge in [-0.25, -0.2) is 4.39 Å². The van der Waals surface area contributed by atoms with Crippen LogP contribution in [0.25, 0.3) is 0 Å². The molecule has 0 aliphatic carbocycles. The van der Waals surface area contributed by atoms with Crippen LogP contribution in [0.15, 0.2) is 42.5 Å². The summed E-state index contributed by atoms with van der Waals surface area (Å²) < 4.78 is 19.3.